The van der Waals surface area contributed by atoms with Gasteiger partial charge >= 0.3 is 0 Å². The minimum Gasteiger partial charge on any atom is -0.291 e. The molecule has 1 heterocycles. The van der Waals surface area contributed by atoms with E-state index in [1.54, 1.807) is 0 Å². The largest absolute Gasteiger partial charge is 0.291 e. The van der Waals surface area contributed by atoms with Crippen LogP contribution in [0.2, 0.25) is 0 Å². The lowest BCUT2D eigenvalue weighted by molar-refractivity contribution is -0.114. The van der Waals surface area contributed by atoms with Crippen molar-refractivity contribution >= 4 is 6.41 Å². The van der Waals surface area contributed by atoms with E-state index < -0.39 is 0 Å². The minimum atomic E-state index is 0.523. The zero-order chi connectivity index (χ0) is 6.69. The number of hydrogen-bond donors (Lipinski definition) is 1. The van der Waals surface area contributed by atoms with E-state index in [-0.39, 0.29) is 0 Å². The molecule has 1 N–H and O–H groups in total. The Hall–Kier alpha value is -0.570. The van der Waals surface area contributed by atoms with E-state index in [2.05, 4.69) is 12.3 Å². The van der Waals surface area contributed by atoms with Crippen LogP contribution in [0.1, 0.15) is 19.8 Å². The van der Waals surface area contributed by atoms with Gasteiger partial charge in [-0.25, -0.2) is 5.01 Å². The lowest BCUT2D eigenvalue weighted by Crippen LogP contribution is -2.39. The highest BCUT2D eigenvalue weighted by atomic mass is 16.1. The Kier molecular flexibility index (Phi) is 2.05. The van der Waals surface area contributed by atoms with Crippen LogP contribution in [0.5, 0.6) is 0 Å². The molecule has 0 radical (unpaired) electrons. The molecule has 52 valence electrons. The number of hydrogen-bond acceptors (Lipinski definition) is 2. The third kappa shape index (κ3) is 1.42. The Morgan fingerprint density at radius 1 is 1.78 bits per heavy atom. The second kappa shape index (κ2) is 2.82. The Bertz CT molecular complexity index is 105. The van der Waals surface area contributed by atoms with E-state index in [1.807, 2.05) is 5.01 Å². The maximum atomic E-state index is 9.95. The summed E-state index contributed by atoms with van der Waals surface area (Å²) in [4.78, 5) is 9.95. The van der Waals surface area contributed by atoms with Crippen molar-refractivity contribution in [2.75, 3.05) is 6.54 Å². The number of rotatable bonds is 2. The fraction of sp³-hybridized carbons (Fsp3) is 0.833. The highest BCUT2D eigenvalue weighted by Crippen LogP contribution is 2.12. The highest BCUT2D eigenvalue weighted by Gasteiger charge is 2.18. The second-order valence-corrected chi connectivity index (χ2v) is 2.43. The smallest absolute Gasteiger partial charge is 0.221 e. The quantitative estimate of drug-likeness (QED) is 0.536. The summed E-state index contributed by atoms with van der Waals surface area (Å²) < 4.78 is 0. The first-order valence-corrected chi connectivity index (χ1v) is 3.31. The molecule has 0 aromatic rings. The van der Waals surface area contributed by atoms with Crippen LogP contribution >= 0.6 is 0 Å². The first-order valence-electron chi connectivity index (χ1n) is 3.31. The molecule has 1 saturated heterocycles. The van der Waals surface area contributed by atoms with Crippen LogP contribution in [0, 0.1) is 0 Å². The van der Waals surface area contributed by atoms with Crippen molar-refractivity contribution in [2.45, 2.75) is 25.8 Å². The molecule has 1 fully saturated rings. The summed E-state index contributed by atoms with van der Waals surface area (Å²) in [6.07, 6.45) is 3.13. The van der Waals surface area contributed by atoms with Gasteiger partial charge in [0.2, 0.25) is 6.41 Å². The lowest BCUT2D eigenvalue weighted by atomic mass is 10.3. The molecule has 3 nitrogen and oxygen atoms in total. The third-order valence-corrected chi connectivity index (χ3v) is 1.77. The maximum absolute atomic E-state index is 9.95. The van der Waals surface area contributed by atoms with Gasteiger partial charge in [-0.3, -0.25) is 10.2 Å². The van der Waals surface area contributed by atoms with Gasteiger partial charge in [0.05, 0.1) is 0 Å². The van der Waals surface area contributed by atoms with Crippen molar-refractivity contribution < 1.29 is 4.79 Å². The molecular weight excluding hydrogens is 116 g/mol. The molecule has 0 aromatic carbocycles. The molecule has 1 rings (SSSR count). The average molecular weight is 128 g/mol. The number of carbonyl (C=O) groups is 1. The molecule has 0 saturated carbocycles. The monoisotopic (exact) mass is 128 g/mol. The van der Waals surface area contributed by atoms with Crippen LogP contribution in [-0.2, 0) is 4.79 Å². The second-order valence-electron chi connectivity index (χ2n) is 2.43. The van der Waals surface area contributed by atoms with Crippen molar-refractivity contribution in [3.63, 3.8) is 0 Å². The Morgan fingerprint density at radius 3 is 3.00 bits per heavy atom. The Balaban J connectivity index is 2.30. The maximum Gasteiger partial charge on any atom is 0.221 e. The summed E-state index contributed by atoms with van der Waals surface area (Å²) >= 11 is 0. The summed E-state index contributed by atoms with van der Waals surface area (Å²) in [7, 11) is 0. The minimum absolute atomic E-state index is 0.523. The van der Waals surface area contributed by atoms with Crippen LogP contribution in [0.15, 0.2) is 0 Å². The zero-order valence-corrected chi connectivity index (χ0v) is 5.63. The number of amides is 1. The molecule has 0 bridgehead atoms. The van der Waals surface area contributed by atoms with Crippen molar-refractivity contribution in [1.29, 1.82) is 0 Å². The molecule has 1 atom stereocenters. The van der Waals surface area contributed by atoms with E-state index in [1.165, 1.54) is 12.8 Å². The summed E-state index contributed by atoms with van der Waals surface area (Å²) in [6.45, 7) is 3.11. The number of nitrogens with one attached hydrogen (secondary N) is 1. The Labute approximate surface area is 55.0 Å². The molecule has 0 aliphatic carbocycles. The number of carbonyl (C=O) groups excluding carboxylic acids is 1. The van der Waals surface area contributed by atoms with Crippen molar-refractivity contribution in [1.82, 2.24) is 10.4 Å². The molecule has 3 heteroatoms. The summed E-state index contributed by atoms with van der Waals surface area (Å²) in [5.41, 5.74) is 2.65. The molecule has 1 aliphatic heterocycles. The summed E-state index contributed by atoms with van der Waals surface area (Å²) in [6, 6.07) is 0.523. The molecule has 0 aromatic heterocycles. The van der Waals surface area contributed by atoms with Crippen LogP contribution in [0.3, 0.4) is 0 Å². The fourth-order valence-electron chi connectivity index (χ4n) is 1.19. The first kappa shape index (κ1) is 6.55. The molecule has 9 heavy (non-hydrogen) atoms. The van der Waals surface area contributed by atoms with Gasteiger partial charge in [-0.2, -0.15) is 0 Å². The van der Waals surface area contributed by atoms with Gasteiger partial charge in [0.1, 0.15) is 0 Å². The molecule has 1 unspecified atom stereocenters. The SMILES string of the molecule is CC1CCCN1NC=O. The van der Waals surface area contributed by atoms with Gasteiger partial charge < -0.3 is 0 Å². The van der Waals surface area contributed by atoms with E-state index >= 15 is 0 Å². The molecular formula is C6H12N2O. The Morgan fingerprint density at radius 2 is 2.56 bits per heavy atom. The van der Waals surface area contributed by atoms with Crippen molar-refractivity contribution in [3.05, 3.63) is 0 Å². The van der Waals surface area contributed by atoms with E-state index in [0.717, 1.165) is 13.0 Å². The molecule has 1 aliphatic rings. The predicted molar refractivity (Wildman–Crippen MR) is 34.6 cm³/mol. The van der Waals surface area contributed by atoms with Crippen molar-refractivity contribution in [2.24, 2.45) is 0 Å². The van der Waals surface area contributed by atoms with Gasteiger partial charge in [-0.1, -0.05) is 0 Å². The van der Waals surface area contributed by atoms with Gasteiger partial charge in [-0.15, -0.1) is 0 Å². The van der Waals surface area contributed by atoms with Gasteiger partial charge in [0.25, 0.3) is 0 Å². The van der Waals surface area contributed by atoms with E-state index in [0.29, 0.717) is 6.04 Å². The third-order valence-electron chi connectivity index (χ3n) is 1.77. The van der Waals surface area contributed by atoms with E-state index in [9.17, 15) is 4.79 Å². The van der Waals surface area contributed by atoms with Gasteiger partial charge in [0.15, 0.2) is 0 Å². The number of nitrogens with zero attached hydrogens (tertiary/aromatic N) is 1. The average Bonchev–Trinajstić information content (AvgIpc) is 2.18. The fourth-order valence-corrected chi connectivity index (χ4v) is 1.19. The normalized spacial score (nSPS) is 28.3. The first-order chi connectivity index (χ1) is 4.34. The predicted octanol–water partition coefficient (Wildman–Crippen LogP) is 0.132. The standard InChI is InChI=1S/C6H12N2O/c1-6-3-2-4-8(6)7-5-9/h5-6H,2-4H2,1H3,(H,7,9). The van der Waals surface area contributed by atoms with Crippen molar-refractivity contribution in [3.8, 4) is 0 Å². The van der Waals surface area contributed by atoms with Crippen LogP contribution < -0.4 is 5.43 Å². The van der Waals surface area contributed by atoms with Crippen LogP contribution in [0.4, 0.5) is 0 Å². The highest BCUT2D eigenvalue weighted by molar-refractivity contribution is 5.45. The van der Waals surface area contributed by atoms with E-state index in [4.69, 9.17) is 0 Å². The molecule has 1 amide bonds. The summed E-state index contributed by atoms with van der Waals surface area (Å²) in [5, 5.41) is 1.97. The lowest BCUT2D eigenvalue weighted by Gasteiger charge is -2.18. The summed E-state index contributed by atoms with van der Waals surface area (Å²) in [5.74, 6) is 0. The molecule has 0 spiro atoms. The van der Waals surface area contributed by atoms with Gasteiger partial charge in [-0.05, 0) is 19.8 Å². The van der Waals surface area contributed by atoms with Crippen LogP contribution in [0.25, 0.3) is 0 Å². The van der Waals surface area contributed by atoms with Gasteiger partial charge in [0, 0.05) is 12.6 Å². The zero-order valence-electron chi connectivity index (χ0n) is 5.63. The topological polar surface area (TPSA) is 32.3 Å². The van der Waals surface area contributed by atoms with Crippen LogP contribution in [-0.4, -0.2) is 24.0 Å². The number of hydrazine groups is 1.